The molecule has 3 N–H and O–H groups in total. The van der Waals surface area contributed by atoms with E-state index in [0.29, 0.717) is 6.42 Å². The summed E-state index contributed by atoms with van der Waals surface area (Å²) in [7, 11) is -4.40. The van der Waals surface area contributed by atoms with Crippen LogP contribution in [0.25, 0.3) is 0 Å². The zero-order valence-corrected chi connectivity index (χ0v) is 26.6. The first-order chi connectivity index (χ1) is 19.8. The highest BCUT2D eigenvalue weighted by Gasteiger charge is 2.23. The van der Waals surface area contributed by atoms with Crippen molar-refractivity contribution in [3.05, 3.63) is 24.3 Å². The number of allylic oxidation sites excluding steroid dienone is 4. The van der Waals surface area contributed by atoms with E-state index >= 15 is 0 Å². The molecule has 240 valence electrons. The average molecular weight is 604 g/mol. The number of phosphoric ester groups is 1. The van der Waals surface area contributed by atoms with Crippen molar-refractivity contribution >= 4 is 19.7 Å². The fraction of sp³-hybridized carbons (Fsp3) is 0.806. The Bertz CT molecular complexity index is 744. The zero-order valence-electron chi connectivity index (χ0n) is 25.7. The molecule has 0 aliphatic rings. The molecule has 0 aromatic carbocycles. The van der Waals surface area contributed by atoms with Crippen LogP contribution < -0.4 is 5.32 Å². The molecule has 0 saturated heterocycles. The number of unbranched alkanes of at least 4 members (excludes halogenated alkanes) is 12. The van der Waals surface area contributed by atoms with Gasteiger partial charge >= 0.3 is 13.8 Å². The lowest BCUT2D eigenvalue weighted by molar-refractivity contribution is -0.147. The highest BCUT2D eigenvalue weighted by atomic mass is 31.2. The first-order valence-corrected chi connectivity index (χ1v) is 17.3. The van der Waals surface area contributed by atoms with Crippen LogP contribution in [0.3, 0.4) is 0 Å². The summed E-state index contributed by atoms with van der Waals surface area (Å²) in [4.78, 5) is 33.4. The van der Waals surface area contributed by atoms with E-state index in [1.165, 1.54) is 32.1 Å². The third-order valence-electron chi connectivity index (χ3n) is 6.37. The summed E-state index contributed by atoms with van der Waals surface area (Å²) in [5.74, 6) is -0.541. The lowest BCUT2D eigenvalue weighted by Gasteiger charge is -2.15. The highest BCUT2D eigenvalue weighted by molar-refractivity contribution is 7.47. The quantitative estimate of drug-likeness (QED) is 0.0351. The van der Waals surface area contributed by atoms with Crippen LogP contribution >= 0.6 is 7.82 Å². The Hall–Kier alpha value is -1.51. The summed E-state index contributed by atoms with van der Waals surface area (Å²) in [6, 6.07) is 0. The van der Waals surface area contributed by atoms with Gasteiger partial charge in [0, 0.05) is 19.4 Å². The fourth-order valence-corrected chi connectivity index (χ4v) is 4.70. The first-order valence-electron chi connectivity index (χ1n) is 15.8. The number of esters is 1. The predicted molar refractivity (Wildman–Crippen MR) is 164 cm³/mol. The Morgan fingerprint density at radius 1 is 0.756 bits per heavy atom. The Balaban J connectivity index is 3.69. The van der Waals surface area contributed by atoms with Gasteiger partial charge in [-0.1, -0.05) is 102 Å². The molecule has 2 atom stereocenters. The van der Waals surface area contributed by atoms with Crippen LogP contribution in [0.2, 0.25) is 0 Å². The first kappa shape index (κ1) is 39.5. The van der Waals surface area contributed by atoms with E-state index in [9.17, 15) is 24.2 Å². The van der Waals surface area contributed by atoms with Gasteiger partial charge in [0.2, 0.25) is 5.91 Å². The van der Waals surface area contributed by atoms with Gasteiger partial charge in [0.15, 0.2) is 0 Å². The van der Waals surface area contributed by atoms with Crippen LogP contribution in [-0.2, 0) is 27.9 Å². The van der Waals surface area contributed by atoms with Crippen molar-refractivity contribution in [1.82, 2.24) is 5.32 Å². The number of ether oxygens (including phenoxy) is 1. The van der Waals surface area contributed by atoms with E-state index in [0.717, 1.165) is 70.6 Å². The minimum absolute atomic E-state index is 0.0808. The molecule has 41 heavy (non-hydrogen) atoms. The van der Waals surface area contributed by atoms with Crippen LogP contribution in [0, 0.1) is 0 Å². The number of amides is 1. The molecule has 0 aliphatic carbocycles. The number of hydrogen-bond donors (Lipinski definition) is 3. The lowest BCUT2D eigenvalue weighted by atomic mass is 10.1. The number of carbonyl (C=O) groups is 2. The molecule has 0 fully saturated rings. The van der Waals surface area contributed by atoms with Crippen molar-refractivity contribution < 1.29 is 37.9 Å². The Morgan fingerprint density at radius 3 is 2.05 bits per heavy atom. The van der Waals surface area contributed by atoms with Gasteiger partial charge in [-0.05, 0) is 38.5 Å². The van der Waals surface area contributed by atoms with Gasteiger partial charge in [-0.3, -0.25) is 18.6 Å². The largest absolute Gasteiger partial charge is 0.472 e. The third kappa shape index (κ3) is 29.8. The fourth-order valence-electron chi connectivity index (χ4n) is 3.94. The van der Waals surface area contributed by atoms with Gasteiger partial charge in [0.1, 0.15) is 12.7 Å². The Labute approximate surface area is 249 Å². The van der Waals surface area contributed by atoms with Gasteiger partial charge in [-0.2, -0.15) is 0 Å². The minimum Gasteiger partial charge on any atom is -0.463 e. The zero-order chi connectivity index (χ0) is 30.4. The molecule has 10 heteroatoms. The van der Waals surface area contributed by atoms with Crippen molar-refractivity contribution in [2.45, 2.75) is 136 Å². The maximum atomic E-state index is 11.9. The number of rotatable bonds is 29. The number of aliphatic hydroxyl groups excluding tert-OH is 1. The van der Waals surface area contributed by atoms with Crippen LogP contribution in [0.15, 0.2) is 24.3 Å². The van der Waals surface area contributed by atoms with Gasteiger partial charge in [0.25, 0.3) is 0 Å². The van der Waals surface area contributed by atoms with Gasteiger partial charge in [-0.15, -0.1) is 0 Å². The maximum absolute atomic E-state index is 11.9. The molecule has 0 rings (SSSR count). The van der Waals surface area contributed by atoms with Gasteiger partial charge in [-0.25, -0.2) is 4.57 Å². The van der Waals surface area contributed by atoms with Crippen molar-refractivity contribution in [3.8, 4) is 0 Å². The second-order valence-electron chi connectivity index (χ2n) is 10.4. The topological polar surface area (TPSA) is 131 Å². The number of phosphoric acid groups is 1. The van der Waals surface area contributed by atoms with E-state index in [4.69, 9.17) is 13.8 Å². The standard InChI is InChI=1S/C31H58NO8P/c1-3-5-7-9-11-12-13-14-15-16-18-20-22-24-31(35)38-27-29(33)28-40-41(36,37)39-26-25-32-30(34)23-21-19-17-10-8-6-4-2/h7,9,12-13,29,33H,3-6,8,10-11,14-28H2,1-2H3,(H,32,34)(H,36,37)/b9-7-,13-12-. The molecule has 0 heterocycles. The smallest absolute Gasteiger partial charge is 0.463 e. The molecule has 1 amide bonds. The monoisotopic (exact) mass is 603 g/mol. The second-order valence-corrected chi connectivity index (χ2v) is 11.9. The number of hydrogen-bond acceptors (Lipinski definition) is 7. The molecule has 0 aromatic rings. The van der Waals surface area contributed by atoms with E-state index in [-0.39, 0.29) is 32.1 Å². The van der Waals surface area contributed by atoms with Crippen LogP contribution in [0.5, 0.6) is 0 Å². The third-order valence-corrected chi connectivity index (χ3v) is 7.35. The molecular formula is C31H58NO8P. The molecule has 0 radical (unpaired) electrons. The van der Waals surface area contributed by atoms with E-state index in [2.05, 4.69) is 43.5 Å². The van der Waals surface area contributed by atoms with E-state index in [1.807, 2.05) is 0 Å². The van der Waals surface area contributed by atoms with Crippen molar-refractivity contribution in [2.24, 2.45) is 0 Å². The number of carbonyl (C=O) groups excluding carboxylic acids is 2. The molecule has 0 aliphatic heterocycles. The molecule has 0 bridgehead atoms. The minimum atomic E-state index is -4.40. The molecule has 2 unspecified atom stereocenters. The normalized spacial score (nSPS) is 14.0. The SMILES string of the molecule is CCC/C=C\C/C=C\CCCCCCCC(=O)OCC(O)COP(=O)(O)OCCNC(=O)CCCCCCCCC. The number of nitrogens with one attached hydrogen (secondary N) is 1. The van der Waals surface area contributed by atoms with Crippen molar-refractivity contribution in [1.29, 1.82) is 0 Å². The van der Waals surface area contributed by atoms with Gasteiger partial charge in [0.05, 0.1) is 13.2 Å². The molecule has 0 saturated carbocycles. The Kier molecular flexibility index (Phi) is 27.5. The molecule has 9 nitrogen and oxygen atoms in total. The summed E-state index contributed by atoms with van der Waals surface area (Å²) >= 11 is 0. The van der Waals surface area contributed by atoms with Crippen LogP contribution in [-0.4, -0.2) is 54.3 Å². The lowest BCUT2D eigenvalue weighted by Crippen LogP contribution is -2.27. The summed E-state index contributed by atoms with van der Waals surface area (Å²) in [6.45, 7) is 3.39. The van der Waals surface area contributed by atoms with E-state index < -0.39 is 26.5 Å². The highest BCUT2D eigenvalue weighted by Crippen LogP contribution is 2.42. The van der Waals surface area contributed by atoms with Crippen molar-refractivity contribution in [3.63, 3.8) is 0 Å². The predicted octanol–water partition coefficient (Wildman–Crippen LogP) is 7.31. The Morgan fingerprint density at radius 2 is 1.37 bits per heavy atom. The number of aliphatic hydroxyl groups is 1. The summed E-state index contributed by atoms with van der Waals surface area (Å²) in [5, 5.41) is 12.5. The summed E-state index contributed by atoms with van der Waals surface area (Å²) in [5.41, 5.74) is 0. The summed E-state index contributed by atoms with van der Waals surface area (Å²) in [6.07, 6.45) is 25.5. The van der Waals surface area contributed by atoms with Crippen LogP contribution in [0.4, 0.5) is 0 Å². The molecule has 0 aromatic heterocycles. The second kappa shape index (κ2) is 28.6. The molecule has 0 spiro atoms. The van der Waals surface area contributed by atoms with Crippen molar-refractivity contribution in [2.75, 3.05) is 26.4 Å². The van der Waals surface area contributed by atoms with Gasteiger partial charge < -0.3 is 20.1 Å². The maximum Gasteiger partial charge on any atom is 0.472 e. The van der Waals surface area contributed by atoms with E-state index in [1.54, 1.807) is 0 Å². The molecular weight excluding hydrogens is 545 g/mol. The summed E-state index contributed by atoms with van der Waals surface area (Å²) < 4.78 is 26.5. The van der Waals surface area contributed by atoms with Crippen LogP contribution in [0.1, 0.15) is 129 Å². The average Bonchev–Trinajstić information content (AvgIpc) is 2.95.